The summed E-state index contributed by atoms with van der Waals surface area (Å²) in [6, 6.07) is 0.693. The predicted octanol–water partition coefficient (Wildman–Crippen LogP) is 2.89. The van der Waals surface area contributed by atoms with Crippen molar-refractivity contribution in [3.05, 3.63) is 0 Å². The average molecular weight is 226 g/mol. The third-order valence-corrected chi connectivity index (χ3v) is 4.19. The van der Waals surface area contributed by atoms with Crippen LogP contribution in [0.5, 0.6) is 0 Å². The summed E-state index contributed by atoms with van der Waals surface area (Å²) in [6.07, 6.45) is 5.32. The minimum Gasteiger partial charge on any atom is -0.317 e. The molecular weight excluding hydrogens is 196 g/mol. The zero-order chi connectivity index (χ0) is 12.0. The second-order valence-corrected chi connectivity index (χ2v) is 5.67. The highest BCUT2D eigenvalue weighted by atomic mass is 15.2. The Kier molecular flexibility index (Phi) is 5.77. The molecule has 0 bridgehead atoms. The lowest BCUT2D eigenvalue weighted by molar-refractivity contribution is 0.0868. The molecule has 0 aromatic rings. The number of hydrogen-bond donors (Lipinski definition) is 1. The van der Waals surface area contributed by atoms with Gasteiger partial charge in [-0.2, -0.15) is 0 Å². The van der Waals surface area contributed by atoms with Crippen molar-refractivity contribution in [2.45, 2.75) is 59.4 Å². The van der Waals surface area contributed by atoms with E-state index in [-0.39, 0.29) is 0 Å². The van der Waals surface area contributed by atoms with Gasteiger partial charge in [0, 0.05) is 12.6 Å². The monoisotopic (exact) mass is 226 g/mol. The van der Waals surface area contributed by atoms with Gasteiger partial charge in [0.15, 0.2) is 0 Å². The van der Waals surface area contributed by atoms with Gasteiger partial charge in [-0.25, -0.2) is 0 Å². The maximum atomic E-state index is 3.49. The minimum atomic E-state index is 0.588. The summed E-state index contributed by atoms with van der Waals surface area (Å²) in [7, 11) is 0. The highest BCUT2D eigenvalue weighted by Gasteiger charge is 2.32. The van der Waals surface area contributed by atoms with Crippen LogP contribution >= 0.6 is 0 Å². The first kappa shape index (κ1) is 14.0. The van der Waals surface area contributed by atoms with Crippen molar-refractivity contribution in [1.29, 1.82) is 0 Å². The molecule has 0 amide bonds. The largest absolute Gasteiger partial charge is 0.317 e. The molecule has 1 aliphatic rings. The van der Waals surface area contributed by atoms with Crippen molar-refractivity contribution in [3.63, 3.8) is 0 Å². The molecule has 1 rings (SSSR count). The first-order valence-electron chi connectivity index (χ1n) is 7.08. The fourth-order valence-electron chi connectivity index (χ4n) is 2.82. The van der Waals surface area contributed by atoms with E-state index < -0.39 is 0 Å². The van der Waals surface area contributed by atoms with E-state index in [1.54, 1.807) is 0 Å². The third-order valence-electron chi connectivity index (χ3n) is 4.19. The van der Waals surface area contributed by atoms with Gasteiger partial charge in [0.05, 0.1) is 0 Å². The van der Waals surface area contributed by atoms with Gasteiger partial charge in [0.1, 0.15) is 0 Å². The summed E-state index contributed by atoms with van der Waals surface area (Å²) in [5, 5.41) is 3.49. The standard InChI is InChI=1S/C14H30N2/c1-5-11-16(13(3)4)12-14(6-2)7-9-15-10-8-14/h13,15H,5-12H2,1-4H3. The molecule has 16 heavy (non-hydrogen) atoms. The second-order valence-electron chi connectivity index (χ2n) is 5.67. The molecule has 0 aromatic heterocycles. The summed E-state index contributed by atoms with van der Waals surface area (Å²) in [5.74, 6) is 0. The van der Waals surface area contributed by atoms with Crippen LogP contribution in [0.3, 0.4) is 0 Å². The Labute approximate surface area is 102 Å². The molecular formula is C14H30N2. The Morgan fingerprint density at radius 1 is 1.19 bits per heavy atom. The van der Waals surface area contributed by atoms with E-state index in [1.165, 1.54) is 51.9 Å². The molecule has 0 atom stereocenters. The average Bonchev–Trinajstić information content (AvgIpc) is 2.29. The number of piperidine rings is 1. The molecule has 0 radical (unpaired) electrons. The van der Waals surface area contributed by atoms with Crippen molar-refractivity contribution in [3.8, 4) is 0 Å². The van der Waals surface area contributed by atoms with Gasteiger partial charge >= 0.3 is 0 Å². The van der Waals surface area contributed by atoms with Crippen LogP contribution in [0.15, 0.2) is 0 Å². The Hall–Kier alpha value is -0.0800. The van der Waals surface area contributed by atoms with Crippen molar-refractivity contribution < 1.29 is 0 Å². The summed E-state index contributed by atoms with van der Waals surface area (Å²) >= 11 is 0. The Bertz CT molecular complexity index is 183. The zero-order valence-electron chi connectivity index (χ0n) is 11.7. The van der Waals surface area contributed by atoms with E-state index in [1.807, 2.05) is 0 Å². The molecule has 2 heteroatoms. The van der Waals surface area contributed by atoms with Gasteiger partial charge in [-0.15, -0.1) is 0 Å². The third kappa shape index (κ3) is 3.74. The number of nitrogens with one attached hydrogen (secondary N) is 1. The smallest absolute Gasteiger partial charge is 0.00415 e. The number of rotatable bonds is 6. The molecule has 0 saturated carbocycles. The van der Waals surface area contributed by atoms with E-state index in [9.17, 15) is 0 Å². The Morgan fingerprint density at radius 3 is 2.25 bits per heavy atom. The normalized spacial score (nSPS) is 20.6. The van der Waals surface area contributed by atoms with Crippen LogP contribution < -0.4 is 5.32 Å². The fourth-order valence-corrected chi connectivity index (χ4v) is 2.82. The van der Waals surface area contributed by atoms with E-state index in [2.05, 4.69) is 37.9 Å². The lowest BCUT2D eigenvalue weighted by atomic mass is 9.76. The molecule has 1 saturated heterocycles. The molecule has 1 N–H and O–H groups in total. The van der Waals surface area contributed by atoms with E-state index in [0.29, 0.717) is 11.5 Å². The fraction of sp³-hybridized carbons (Fsp3) is 1.00. The molecule has 0 unspecified atom stereocenters. The molecule has 96 valence electrons. The van der Waals surface area contributed by atoms with Crippen LogP contribution in [0.4, 0.5) is 0 Å². The predicted molar refractivity (Wildman–Crippen MR) is 71.8 cm³/mol. The minimum absolute atomic E-state index is 0.588. The lowest BCUT2D eigenvalue weighted by Crippen LogP contribution is -2.46. The number of hydrogen-bond acceptors (Lipinski definition) is 2. The van der Waals surface area contributed by atoms with E-state index >= 15 is 0 Å². The molecule has 0 aliphatic carbocycles. The van der Waals surface area contributed by atoms with Gasteiger partial charge in [-0.05, 0) is 64.6 Å². The molecule has 2 nitrogen and oxygen atoms in total. The Morgan fingerprint density at radius 2 is 1.81 bits per heavy atom. The van der Waals surface area contributed by atoms with Gasteiger partial charge in [0.25, 0.3) is 0 Å². The topological polar surface area (TPSA) is 15.3 Å². The van der Waals surface area contributed by atoms with Crippen LogP contribution in [0, 0.1) is 5.41 Å². The van der Waals surface area contributed by atoms with E-state index in [4.69, 9.17) is 0 Å². The van der Waals surface area contributed by atoms with Gasteiger partial charge in [-0.1, -0.05) is 13.8 Å². The maximum Gasteiger partial charge on any atom is 0.00415 e. The molecule has 1 heterocycles. The first-order chi connectivity index (χ1) is 7.63. The zero-order valence-corrected chi connectivity index (χ0v) is 11.7. The summed E-state index contributed by atoms with van der Waals surface area (Å²) < 4.78 is 0. The van der Waals surface area contributed by atoms with Crippen molar-refractivity contribution in [1.82, 2.24) is 10.2 Å². The molecule has 0 aromatic carbocycles. The number of nitrogens with zero attached hydrogens (tertiary/aromatic N) is 1. The van der Waals surface area contributed by atoms with E-state index in [0.717, 1.165) is 0 Å². The molecule has 0 spiro atoms. The van der Waals surface area contributed by atoms with Crippen LogP contribution in [0.1, 0.15) is 53.4 Å². The first-order valence-corrected chi connectivity index (χ1v) is 7.08. The molecule has 1 aliphatic heterocycles. The van der Waals surface area contributed by atoms with Crippen molar-refractivity contribution in [2.24, 2.45) is 5.41 Å². The highest BCUT2D eigenvalue weighted by Crippen LogP contribution is 2.33. The quantitative estimate of drug-likeness (QED) is 0.749. The molecule has 1 fully saturated rings. The lowest BCUT2D eigenvalue weighted by Gasteiger charge is -2.42. The van der Waals surface area contributed by atoms with Gasteiger partial charge in [0.2, 0.25) is 0 Å². The Balaban J connectivity index is 2.57. The summed E-state index contributed by atoms with van der Waals surface area (Å²) in [4.78, 5) is 2.68. The van der Waals surface area contributed by atoms with Crippen LogP contribution in [0.25, 0.3) is 0 Å². The van der Waals surface area contributed by atoms with Gasteiger partial charge < -0.3 is 10.2 Å². The van der Waals surface area contributed by atoms with Crippen molar-refractivity contribution >= 4 is 0 Å². The van der Waals surface area contributed by atoms with Crippen LogP contribution in [0.2, 0.25) is 0 Å². The highest BCUT2D eigenvalue weighted by molar-refractivity contribution is 4.87. The summed E-state index contributed by atoms with van der Waals surface area (Å²) in [6.45, 7) is 14.3. The second kappa shape index (κ2) is 6.61. The summed E-state index contributed by atoms with van der Waals surface area (Å²) in [5.41, 5.74) is 0.588. The van der Waals surface area contributed by atoms with Crippen LogP contribution in [-0.2, 0) is 0 Å². The van der Waals surface area contributed by atoms with Crippen molar-refractivity contribution in [2.75, 3.05) is 26.2 Å². The van der Waals surface area contributed by atoms with Crippen LogP contribution in [-0.4, -0.2) is 37.1 Å². The van der Waals surface area contributed by atoms with Gasteiger partial charge in [-0.3, -0.25) is 0 Å². The SMILES string of the molecule is CCCN(CC1(CC)CCNCC1)C(C)C. The maximum absolute atomic E-state index is 3.49.